The van der Waals surface area contributed by atoms with Gasteiger partial charge in [-0.15, -0.1) is 0 Å². The number of aromatic nitrogens is 1. The van der Waals surface area contributed by atoms with Crippen molar-refractivity contribution >= 4 is 11.9 Å². The Morgan fingerprint density at radius 3 is 2.29 bits per heavy atom. The van der Waals surface area contributed by atoms with Crippen molar-refractivity contribution in [1.29, 1.82) is 0 Å². The lowest BCUT2D eigenvalue weighted by molar-refractivity contribution is 0.0337. The lowest BCUT2D eigenvalue weighted by Crippen LogP contribution is -2.51. The maximum Gasteiger partial charge on any atom is 0.410 e. The van der Waals surface area contributed by atoms with E-state index in [1.165, 1.54) is 0 Å². The fraction of sp³-hybridized carbons (Fsp3) is 0.714. The van der Waals surface area contributed by atoms with E-state index >= 15 is 0 Å². The number of anilines is 1. The first kappa shape index (κ1) is 20.9. The molecule has 2 aliphatic rings. The van der Waals surface area contributed by atoms with Gasteiger partial charge in [0.05, 0.1) is 5.60 Å². The van der Waals surface area contributed by atoms with Crippen LogP contribution in [0.25, 0.3) is 0 Å². The SMILES string of the molecule is CC(C)N1CCN(C(=O)OC2CCN(c3ccc(C(C)(C)O)cn3)CC2)CC1. The normalized spacial score (nSPS) is 19.9. The maximum atomic E-state index is 12.5. The lowest BCUT2D eigenvalue weighted by Gasteiger charge is -2.38. The van der Waals surface area contributed by atoms with Crippen LogP contribution in [-0.4, -0.2) is 77.4 Å². The molecule has 0 radical (unpaired) electrons. The smallest absolute Gasteiger partial charge is 0.410 e. The summed E-state index contributed by atoms with van der Waals surface area (Å²) >= 11 is 0. The summed E-state index contributed by atoms with van der Waals surface area (Å²) in [6.07, 6.45) is 3.16. The number of nitrogens with zero attached hydrogens (tertiary/aromatic N) is 4. The molecular formula is C21H34N4O3. The monoisotopic (exact) mass is 390 g/mol. The summed E-state index contributed by atoms with van der Waals surface area (Å²) in [6.45, 7) is 12.8. The van der Waals surface area contributed by atoms with Gasteiger partial charge in [0.2, 0.25) is 0 Å². The number of carbonyl (C=O) groups excluding carboxylic acids is 1. The number of amides is 1. The van der Waals surface area contributed by atoms with Gasteiger partial charge in [0.25, 0.3) is 0 Å². The highest BCUT2D eigenvalue weighted by Gasteiger charge is 2.28. The van der Waals surface area contributed by atoms with Gasteiger partial charge in [0, 0.05) is 69.9 Å². The molecule has 1 N–H and O–H groups in total. The molecule has 156 valence electrons. The van der Waals surface area contributed by atoms with E-state index in [4.69, 9.17) is 4.74 Å². The average Bonchev–Trinajstić information content (AvgIpc) is 2.68. The van der Waals surface area contributed by atoms with Crippen molar-refractivity contribution in [1.82, 2.24) is 14.8 Å². The Balaban J connectivity index is 1.45. The van der Waals surface area contributed by atoms with E-state index in [9.17, 15) is 9.90 Å². The molecule has 0 spiro atoms. The molecule has 1 aromatic rings. The Labute approximate surface area is 168 Å². The molecule has 2 fully saturated rings. The zero-order chi connectivity index (χ0) is 20.3. The first-order valence-electron chi connectivity index (χ1n) is 10.4. The number of carbonyl (C=O) groups is 1. The number of hydrogen-bond donors (Lipinski definition) is 1. The highest BCUT2D eigenvalue weighted by atomic mass is 16.6. The van der Waals surface area contributed by atoms with Gasteiger partial charge in [-0.3, -0.25) is 4.90 Å². The van der Waals surface area contributed by atoms with Crippen molar-refractivity contribution in [2.75, 3.05) is 44.2 Å². The topological polar surface area (TPSA) is 69.1 Å². The second-order valence-electron chi connectivity index (χ2n) is 8.65. The van der Waals surface area contributed by atoms with E-state index in [2.05, 4.69) is 28.6 Å². The molecule has 0 aromatic carbocycles. The van der Waals surface area contributed by atoms with Gasteiger partial charge in [0.1, 0.15) is 11.9 Å². The molecule has 7 heteroatoms. The van der Waals surface area contributed by atoms with E-state index in [0.717, 1.165) is 63.5 Å². The Hall–Kier alpha value is -1.86. The minimum atomic E-state index is -0.882. The summed E-state index contributed by atoms with van der Waals surface area (Å²) in [4.78, 5) is 23.4. The Bertz CT molecular complexity index is 641. The first-order valence-corrected chi connectivity index (χ1v) is 10.4. The van der Waals surface area contributed by atoms with Gasteiger partial charge in [-0.25, -0.2) is 9.78 Å². The van der Waals surface area contributed by atoms with Crippen LogP contribution in [0.1, 0.15) is 46.1 Å². The quantitative estimate of drug-likeness (QED) is 0.852. The van der Waals surface area contributed by atoms with Crippen LogP contribution in [0.5, 0.6) is 0 Å². The standard InChI is InChI=1S/C21H34N4O3/c1-16(2)23-11-13-25(14-12-23)20(26)28-18-7-9-24(10-8-18)19-6-5-17(15-22-19)21(3,4)27/h5-6,15-16,18,27H,7-14H2,1-4H3. The number of piperidine rings is 1. The highest BCUT2D eigenvalue weighted by molar-refractivity contribution is 5.68. The van der Waals surface area contributed by atoms with Crippen LogP contribution < -0.4 is 4.90 Å². The fourth-order valence-corrected chi connectivity index (χ4v) is 3.78. The zero-order valence-electron chi connectivity index (χ0n) is 17.6. The molecule has 3 heterocycles. The third-order valence-electron chi connectivity index (χ3n) is 5.79. The second kappa shape index (κ2) is 8.66. The molecule has 0 saturated carbocycles. The molecular weight excluding hydrogens is 356 g/mol. The first-order chi connectivity index (χ1) is 13.2. The minimum absolute atomic E-state index is 0.0254. The molecule has 28 heavy (non-hydrogen) atoms. The third-order valence-corrected chi connectivity index (χ3v) is 5.79. The number of rotatable bonds is 4. The van der Waals surface area contributed by atoms with Crippen molar-refractivity contribution in [3.05, 3.63) is 23.9 Å². The van der Waals surface area contributed by atoms with Crippen LogP contribution in [0, 0.1) is 0 Å². The van der Waals surface area contributed by atoms with Gasteiger partial charge in [-0.2, -0.15) is 0 Å². The number of piperazine rings is 1. The van der Waals surface area contributed by atoms with Crippen molar-refractivity contribution in [2.45, 2.75) is 58.3 Å². The largest absolute Gasteiger partial charge is 0.446 e. The van der Waals surface area contributed by atoms with E-state index in [1.54, 1.807) is 20.0 Å². The fourth-order valence-electron chi connectivity index (χ4n) is 3.78. The Kier molecular flexibility index (Phi) is 6.45. The molecule has 1 amide bonds. The van der Waals surface area contributed by atoms with Crippen LogP contribution in [0.4, 0.5) is 10.6 Å². The van der Waals surface area contributed by atoms with Crippen molar-refractivity contribution in [3.63, 3.8) is 0 Å². The van der Waals surface area contributed by atoms with Crippen LogP contribution in [0.2, 0.25) is 0 Å². The predicted octanol–water partition coefficient (Wildman–Crippen LogP) is 2.44. The summed E-state index contributed by atoms with van der Waals surface area (Å²) < 4.78 is 5.76. The van der Waals surface area contributed by atoms with Crippen molar-refractivity contribution in [3.8, 4) is 0 Å². The van der Waals surface area contributed by atoms with Crippen LogP contribution in [-0.2, 0) is 10.3 Å². The van der Waals surface area contributed by atoms with Crippen molar-refractivity contribution < 1.29 is 14.6 Å². The van der Waals surface area contributed by atoms with Crippen LogP contribution >= 0.6 is 0 Å². The zero-order valence-corrected chi connectivity index (χ0v) is 17.6. The Morgan fingerprint density at radius 1 is 1.14 bits per heavy atom. The summed E-state index contributed by atoms with van der Waals surface area (Å²) in [5.74, 6) is 0.905. The summed E-state index contributed by atoms with van der Waals surface area (Å²) in [7, 11) is 0. The number of ether oxygens (including phenoxy) is 1. The van der Waals surface area contributed by atoms with E-state index in [1.807, 2.05) is 17.0 Å². The van der Waals surface area contributed by atoms with Gasteiger partial charge < -0.3 is 19.6 Å². The van der Waals surface area contributed by atoms with Crippen molar-refractivity contribution in [2.24, 2.45) is 0 Å². The molecule has 0 bridgehead atoms. The van der Waals surface area contributed by atoms with Gasteiger partial charge >= 0.3 is 6.09 Å². The highest BCUT2D eigenvalue weighted by Crippen LogP contribution is 2.24. The molecule has 3 rings (SSSR count). The van der Waals surface area contributed by atoms with Gasteiger partial charge in [0.15, 0.2) is 0 Å². The minimum Gasteiger partial charge on any atom is -0.446 e. The lowest BCUT2D eigenvalue weighted by atomic mass is 10.0. The van der Waals surface area contributed by atoms with E-state index in [-0.39, 0.29) is 12.2 Å². The third kappa shape index (κ3) is 5.14. The second-order valence-corrected chi connectivity index (χ2v) is 8.65. The van der Waals surface area contributed by atoms with Crippen LogP contribution in [0.15, 0.2) is 18.3 Å². The average molecular weight is 391 g/mol. The summed E-state index contributed by atoms with van der Waals surface area (Å²) in [5.41, 5.74) is -0.0782. The number of hydrogen-bond acceptors (Lipinski definition) is 6. The molecule has 0 aliphatic carbocycles. The van der Waals surface area contributed by atoms with E-state index in [0.29, 0.717) is 6.04 Å². The predicted molar refractivity (Wildman–Crippen MR) is 109 cm³/mol. The van der Waals surface area contributed by atoms with E-state index < -0.39 is 5.60 Å². The summed E-state index contributed by atoms with van der Waals surface area (Å²) in [6, 6.07) is 4.40. The molecule has 2 saturated heterocycles. The summed E-state index contributed by atoms with van der Waals surface area (Å²) in [5, 5.41) is 10.0. The van der Waals surface area contributed by atoms with Crippen LogP contribution in [0.3, 0.4) is 0 Å². The van der Waals surface area contributed by atoms with Gasteiger partial charge in [-0.05, 0) is 33.8 Å². The molecule has 1 aromatic heterocycles. The van der Waals surface area contributed by atoms with Gasteiger partial charge in [-0.1, -0.05) is 6.07 Å². The number of aliphatic hydroxyl groups is 1. The maximum absolute atomic E-state index is 12.5. The molecule has 2 aliphatic heterocycles. The molecule has 7 nitrogen and oxygen atoms in total. The molecule has 0 atom stereocenters. The Morgan fingerprint density at radius 2 is 1.79 bits per heavy atom. The number of pyridine rings is 1. The molecule has 0 unspecified atom stereocenters.